The molecule has 0 aliphatic heterocycles. The van der Waals surface area contributed by atoms with Crippen molar-refractivity contribution in [3.05, 3.63) is 33.8 Å². The highest BCUT2D eigenvalue weighted by Crippen LogP contribution is 2.19. The van der Waals surface area contributed by atoms with E-state index in [4.69, 9.17) is 5.11 Å². The summed E-state index contributed by atoms with van der Waals surface area (Å²) >= 11 is 3.18. The van der Waals surface area contributed by atoms with Crippen LogP contribution >= 0.6 is 15.9 Å². The number of hydrogen-bond donors (Lipinski definition) is 1. The molecule has 0 saturated carbocycles. The summed E-state index contributed by atoms with van der Waals surface area (Å²) in [6, 6.07) is 4.65. The van der Waals surface area contributed by atoms with Crippen molar-refractivity contribution in [2.75, 3.05) is 0 Å². The molecule has 0 fully saturated rings. The summed E-state index contributed by atoms with van der Waals surface area (Å²) in [5, 5.41) is 8.95. The van der Waals surface area contributed by atoms with Crippen LogP contribution in [-0.2, 0) is 0 Å². The van der Waals surface area contributed by atoms with Crippen LogP contribution in [0.3, 0.4) is 0 Å². The molecule has 1 N–H and O–H groups in total. The van der Waals surface area contributed by atoms with Crippen LogP contribution in [0.25, 0.3) is 0 Å². The van der Waals surface area contributed by atoms with E-state index in [1.54, 1.807) is 19.9 Å². The Morgan fingerprint density at radius 1 is 1.27 bits per heavy atom. The lowest BCUT2D eigenvalue weighted by Gasteiger charge is -2.07. The fourth-order valence-electron chi connectivity index (χ4n) is 1.22. The molecule has 0 spiro atoms. The second-order valence-electron chi connectivity index (χ2n) is 3.51. The van der Waals surface area contributed by atoms with Gasteiger partial charge >= 0.3 is 5.97 Å². The molecule has 0 aliphatic rings. The Labute approximate surface area is 96.2 Å². The first kappa shape index (κ1) is 11.9. The molecular weight excluding hydrogens is 260 g/mol. The highest BCUT2D eigenvalue weighted by molar-refractivity contribution is 9.10. The first-order valence-electron chi connectivity index (χ1n) is 4.50. The Hall–Kier alpha value is -1.16. The van der Waals surface area contributed by atoms with Crippen molar-refractivity contribution in [2.24, 2.45) is 5.92 Å². The monoisotopic (exact) mass is 270 g/mol. The summed E-state index contributed by atoms with van der Waals surface area (Å²) in [5.74, 6) is -1.44. The van der Waals surface area contributed by atoms with Gasteiger partial charge in [0.1, 0.15) is 0 Å². The minimum atomic E-state index is -1.08. The predicted octanol–water partition coefficient (Wildman–Crippen LogP) is 2.99. The zero-order chi connectivity index (χ0) is 11.6. The normalized spacial score (nSPS) is 10.4. The van der Waals surface area contributed by atoms with Gasteiger partial charge in [-0.3, -0.25) is 4.79 Å². The number of benzene rings is 1. The van der Waals surface area contributed by atoms with Crippen LogP contribution in [0.15, 0.2) is 22.7 Å². The van der Waals surface area contributed by atoms with E-state index in [9.17, 15) is 9.59 Å². The van der Waals surface area contributed by atoms with Gasteiger partial charge in [0, 0.05) is 16.0 Å². The van der Waals surface area contributed by atoms with E-state index < -0.39 is 5.97 Å². The van der Waals surface area contributed by atoms with Gasteiger partial charge in [-0.05, 0) is 18.2 Å². The van der Waals surface area contributed by atoms with Gasteiger partial charge < -0.3 is 5.11 Å². The Morgan fingerprint density at radius 3 is 2.33 bits per heavy atom. The standard InChI is InChI=1S/C11H11BrO3/c1-6(2)10(13)8-4-3-7(12)5-9(8)11(14)15/h3-6H,1-2H3,(H,14,15). The van der Waals surface area contributed by atoms with Gasteiger partial charge in [0.25, 0.3) is 0 Å². The molecule has 1 rings (SSSR count). The molecule has 0 unspecified atom stereocenters. The number of carboxylic acid groups (broad SMARTS) is 1. The van der Waals surface area contributed by atoms with Crippen molar-refractivity contribution < 1.29 is 14.7 Å². The van der Waals surface area contributed by atoms with Crippen LogP contribution in [0, 0.1) is 5.92 Å². The maximum Gasteiger partial charge on any atom is 0.336 e. The molecular formula is C11H11BrO3. The summed E-state index contributed by atoms with van der Waals surface area (Å²) in [5.41, 5.74) is 0.309. The molecule has 15 heavy (non-hydrogen) atoms. The van der Waals surface area contributed by atoms with E-state index in [2.05, 4.69) is 15.9 Å². The fourth-order valence-corrected chi connectivity index (χ4v) is 1.58. The van der Waals surface area contributed by atoms with Crippen molar-refractivity contribution in [1.29, 1.82) is 0 Å². The fraction of sp³-hybridized carbons (Fsp3) is 0.273. The number of carbonyl (C=O) groups excluding carboxylic acids is 1. The summed E-state index contributed by atoms with van der Waals surface area (Å²) in [7, 11) is 0. The van der Waals surface area contributed by atoms with E-state index in [1.807, 2.05) is 0 Å². The van der Waals surface area contributed by atoms with Crippen LogP contribution in [-0.4, -0.2) is 16.9 Å². The molecule has 1 aromatic carbocycles. The predicted molar refractivity (Wildman–Crippen MR) is 60.3 cm³/mol. The molecule has 4 heteroatoms. The van der Waals surface area contributed by atoms with Crippen molar-refractivity contribution in [3.63, 3.8) is 0 Å². The van der Waals surface area contributed by atoms with Gasteiger partial charge in [-0.25, -0.2) is 4.79 Å². The van der Waals surface area contributed by atoms with E-state index >= 15 is 0 Å². The van der Waals surface area contributed by atoms with Gasteiger partial charge in [-0.1, -0.05) is 29.8 Å². The van der Waals surface area contributed by atoms with Crippen molar-refractivity contribution in [2.45, 2.75) is 13.8 Å². The first-order valence-corrected chi connectivity index (χ1v) is 5.30. The second kappa shape index (κ2) is 4.57. The molecule has 0 amide bonds. The Kier molecular flexibility index (Phi) is 3.63. The van der Waals surface area contributed by atoms with Crippen LogP contribution < -0.4 is 0 Å². The molecule has 0 radical (unpaired) electrons. The van der Waals surface area contributed by atoms with Gasteiger partial charge in [0.05, 0.1) is 5.56 Å². The van der Waals surface area contributed by atoms with Gasteiger partial charge in [-0.2, -0.15) is 0 Å². The molecule has 0 atom stereocenters. The van der Waals surface area contributed by atoms with Crippen LogP contribution in [0.1, 0.15) is 34.6 Å². The SMILES string of the molecule is CC(C)C(=O)c1ccc(Br)cc1C(=O)O. The van der Waals surface area contributed by atoms with E-state index in [1.165, 1.54) is 12.1 Å². The zero-order valence-electron chi connectivity index (χ0n) is 8.45. The van der Waals surface area contributed by atoms with Crippen molar-refractivity contribution in [1.82, 2.24) is 0 Å². The minimum Gasteiger partial charge on any atom is -0.478 e. The van der Waals surface area contributed by atoms with Gasteiger partial charge in [0.2, 0.25) is 0 Å². The summed E-state index contributed by atoms with van der Waals surface area (Å²) in [4.78, 5) is 22.6. The lowest BCUT2D eigenvalue weighted by Crippen LogP contribution is -2.13. The third-order valence-electron chi connectivity index (χ3n) is 2.00. The third-order valence-corrected chi connectivity index (χ3v) is 2.50. The second-order valence-corrected chi connectivity index (χ2v) is 4.43. The van der Waals surface area contributed by atoms with Crippen LogP contribution in [0.5, 0.6) is 0 Å². The average molecular weight is 271 g/mol. The Morgan fingerprint density at radius 2 is 1.87 bits per heavy atom. The zero-order valence-corrected chi connectivity index (χ0v) is 10.0. The summed E-state index contributed by atoms with van der Waals surface area (Å²) < 4.78 is 0.653. The number of rotatable bonds is 3. The molecule has 0 heterocycles. The van der Waals surface area contributed by atoms with E-state index in [-0.39, 0.29) is 22.8 Å². The number of aromatic carboxylic acids is 1. The molecule has 0 aromatic heterocycles. The molecule has 0 aliphatic carbocycles. The number of halogens is 1. The topological polar surface area (TPSA) is 54.4 Å². The number of ketones is 1. The smallest absolute Gasteiger partial charge is 0.336 e. The highest BCUT2D eigenvalue weighted by Gasteiger charge is 2.18. The van der Waals surface area contributed by atoms with Gasteiger partial charge in [-0.15, -0.1) is 0 Å². The van der Waals surface area contributed by atoms with Crippen molar-refractivity contribution in [3.8, 4) is 0 Å². The number of carbonyl (C=O) groups is 2. The number of hydrogen-bond acceptors (Lipinski definition) is 2. The molecule has 3 nitrogen and oxygen atoms in total. The largest absolute Gasteiger partial charge is 0.478 e. The summed E-state index contributed by atoms with van der Waals surface area (Å²) in [6.45, 7) is 3.49. The van der Waals surface area contributed by atoms with E-state index in [0.717, 1.165) is 0 Å². The third kappa shape index (κ3) is 2.65. The maximum absolute atomic E-state index is 11.7. The van der Waals surface area contributed by atoms with Gasteiger partial charge in [0.15, 0.2) is 5.78 Å². The van der Waals surface area contributed by atoms with Crippen molar-refractivity contribution >= 4 is 27.7 Å². The maximum atomic E-state index is 11.7. The molecule has 0 saturated heterocycles. The lowest BCUT2D eigenvalue weighted by molar-refractivity contribution is 0.0690. The quantitative estimate of drug-likeness (QED) is 0.860. The van der Waals surface area contributed by atoms with E-state index in [0.29, 0.717) is 4.47 Å². The minimum absolute atomic E-state index is 0.0445. The van der Waals surface area contributed by atoms with Crippen LogP contribution in [0.4, 0.5) is 0 Å². The first-order chi connectivity index (χ1) is 6.93. The summed E-state index contributed by atoms with van der Waals surface area (Å²) in [6.07, 6.45) is 0. The lowest BCUT2D eigenvalue weighted by atomic mass is 9.96. The molecule has 1 aromatic rings. The average Bonchev–Trinajstić information content (AvgIpc) is 2.16. The highest BCUT2D eigenvalue weighted by atomic mass is 79.9. The number of Topliss-reactive ketones (excluding diaryl/α,β-unsaturated/α-hetero) is 1. The number of carboxylic acids is 1. The molecule has 0 bridgehead atoms. The molecule has 80 valence electrons. The van der Waals surface area contributed by atoms with Crippen LogP contribution in [0.2, 0.25) is 0 Å². The Bertz CT molecular complexity index is 410. The Balaban J connectivity index is 3.29.